The molecule has 2 aromatic rings. The van der Waals surface area contributed by atoms with E-state index in [2.05, 4.69) is 4.98 Å². The molecule has 78 valence electrons. The highest BCUT2D eigenvalue weighted by Crippen LogP contribution is 2.21. The second-order valence-corrected chi connectivity index (χ2v) is 3.28. The van der Waals surface area contributed by atoms with Crippen LogP contribution in [0.2, 0.25) is 0 Å². The fourth-order valence-corrected chi connectivity index (χ4v) is 1.62. The fraction of sp³-hybridized carbons (Fsp3) is 0.200. The van der Waals surface area contributed by atoms with Gasteiger partial charge in [-0.1, -0.05) is 6.07 Å². The van der Waals surface area contributed by atoms with Gasteiger partial charge in [0.2, 0.25) is 6.54 Å². The van der Waals surface area contributed by atoms with Crippen molar-refractivity contribution in [3.05, 3.63) is 45.9 Å². The average molecular weight is 208 g/mol. The Morgan fingerprint density at radius 3 is 3.00 bits per heavy atom. The molecule has 0 radical (unpaired) electrons. The Morgan fingerprint density at radius 1 is 1.47 bits per heavy atom. The van der Waals surface area contributed by atoms with Crippen LogP contribution in [-0.2, 0) is 6.42 Å². The Hall–Kier alpha value is -1.91. The Bertz CT molecular complexity index is 507. The number of aromatic nitrogens is 1. The van der Waals surface area contributed by atoms with Crippen LogP contribution in [-0.4, -0.2) is 16.5 Å². The molecule has 1 N–H and O–H groups in total. The smallest absolute Gasteiger partial charge is 0.207 e. The predicted octanol–water partition coefficient (Wildman–Crippen LogP) is 2.13. The molecule has 1 aromatic heterocycles. The molecule has 0 spiro atoms. The van der Waals surface area contributed by atoms with Crippen LogP contribution < -0.4 is 0 Å². The molecule has 0 saturated heterocycles. The van der Waals surface area contributed by atoms with Crippen molar-refractivity contribution in [2.45, 2.75) is 6.42 Å². The van der Waals surface area contributed by atoms with Crippen molar-refractivity contribution in [1.29, 1.82) is 0 Å². The van der Waals surface area contributed by atoms with Crippen molar-refractivity contribution in [2.24, 2.45) is 0 Å². The second kappa shape index (κ2) is 3.68. The molecule has 0 aliphatic carbocycles. The number of aromatic amines is 1. The highest BCUT2D eigenvalue weighted by molar-refractivity contribution is 5.83. The van der Waals surface area contributed by atoms with E-state index in [1.165, 1.54) is 6.07 Å². The van der Waals surface area contributed by atoms with Crippen molar-refractivity contribution in [2.75, 3.05) is 6.54 Å². The molecule has 2 rings (SSSR count). The number of H-pyrrole nitrogens is 1. The largest absolute Gasteiger partial charge is 0.361 e. The number of nitrogens with zero attached hydrogens (tertiary/aromatic N) is 1. The van der Waals surface area contributed by atoms with Crippen molar-refractivity contribution in [3.8, 4) is 0 Å². The van der Waals surface area contributed by atoms with Crippen LogP contribution in [0, 0.1) is 15.9 Å². The van der Waals surface area contributed by atoms with E-state index in [9.17, 15) is 14.5 Å². The molecule has 0 saturated carbocycles. The van der Waals surface area contributed by atoms with Crippen LogP contribution in [0.25, 0.3) is 10.9 Å². The highest BCUT2D eigenvalue weighted by atomic mass is 19.1. The van der Waals surface area contributed by atoms with E-state index in [0.29, 0.717) is 16.5 Å². The Morgan fingerprint density at radius 2 is 2.27 bits per heavy atom. The van der Waals surface area contributed by atoms with Gasteiger partial charge in [-0.05, 0) is 17.7 Å². The van der Waals surface area contributed by atoms with Gasteiger partial charge in [0, 0.05) is 28.4 Å². The van der Waals surface area contributed by atoms with Crippen molar-refractivity contribution >= 4 is 10.9 Å². The zero-order chi connectivity index (χ0) is 10.8. The summed E-state index contributed by atoms with van der Waals surface area (Å²) in [6, 6.07) is 4.70. The zero-order valence-electron chi connectivity index (χ0n) is 7.87. The molecule has 0 aliphatic rings. The lowest BCUT2D eigenvalue weighted by Gasteiger charge is -1.96. The first kappa shape index (κ1) is 9.64. The summed E-state index contributed by atoms with van der Waals surface area (Å²) in [5.74, 6) is -0.341. The molecular weight excluding hydrogens is 199 g/mol. The van der Waals surface area contributed by atoms with Gasteiger partial charge in [0.1, 0.15) is 5.82 Å². The van der Waals surface area contributed by atoms with E-state index < -0.39 is 4.92 Å². The van der Waals surface area contributed by atoms with Crippen LogP contribution in [0.3, 0.4) is 0 Å². The number of rotatable bonds is 3. The highest BCUT2D eigenvalue weighted by Gasteiger charge is 2.10. The van der Waals surface area contributed by atoms with Gasteiger partial charge in [-0.2, -0.15) is 0 Å². The molecule has 0 atom stereocenters. The second-order valence-electron chi connectivity index (χ2n) is 3.28. The molecule has 0 aliphatic heterocycles. The number of nitro groups is 1. The molecule has 1 aromatic carbocycles. The van der Waals surface area contributed by atoms with Crippen LogP contribution in [0.4, 0.5) is 4.39 Å². The normalized spacial score (nSPS) is 10.7. The van der Waals surface area contributed by atoms with Gasteiger partial charge in [-0.3, -0.25) is 10.1 Å². The van der Waals surface area contributed by atoms with E-state index in [-0.39, 0.29) is 18.8 Å². The lowest BCUT2D eigenvalue weighted by Crippen LogP contribution is -2.03. The van der Waals surface area contributed by atoms with Gasteiger partial charge in [0.05, 0.1) is 0 Å². The van der Waals surface area contributed by atoms with Gasteiger partial charge in [0.15, 0.2) is 0 Å². The number of halogens is 1. The summed E-state index contributed by atoms with van der Waals surface area (Å²) in [5, 5.41) is 10.7. The standard InChI is InChI=1S/C10H9FN2O2/c11-8-2-1-3-9-10(8)7(6-12-9)4-5-13(14)15/h1-3,6,12H,4-5H2. The predicted molar refractivity (Wildman–Crippen MR) is 53.8 cm³/mol. The molecular formula is C10H9FN2O2. The first-order chi connectivity index (χ1) is 7.18. The molecule has 5 heteroatoms. The topological polar surface area (TPSA) is 58.9 Å². The van der Waals surface area contributed by atoms with E-state index >= 15 is 0 Å². The van der Waals surface area contributed by atoms with Gasteiger partial charge in [0.25, 0.3) is 0 Å². The number of nitrogens with one attached hydrogen (secondary N) is 1. The summed E-state index contributed by atoms with van der Waals surface area (Å²) < 4.78 is 13.4. The third kappa shape index (κ3) is 1.81. The molecule has 0 amide bonds. The maximum atomic E-state index is 13.4. The number of hydrogen-bond donors (Lipinski definition) is 1. The Balaban J connectivity index is 2.39. The Labute approximate surface area is 84.9 Å². The van der Waals surface area contributed by atoms with Crippen molar-refractivity contribution in [3.63, 3.8) is 0 Å². The van der Waals surface area contributed by atoms with E-state index in [1.807, 2.05) is 0 Å². The summed E-state index contributed by atoms with van der Waals surface area (Å²) in [7, 11) is 0. The van der Waals surface area contributed by atoms with Crippen LogP contribution >= 0.6 is 0 Å². The minimum Gasteiger partial charge on any atom is -0.361 e. The van der Waals surface area contributed by atoms with Crippen LogP contribution in [0.15, 0.2) is 24.4 Å². The number of fused-ring (bicyclic) bond motifs is 1. The van der Waals surface area contributed by atoms with Gasteiger partial charge in [-0.15, -0.1) is 0 Å². The quantitative estimate of drug-likeness (QED) is 0.620. The molecule has 0 unspecified atom stereocenters. The van der Waals surface area contributed by atoms with Crippen LogP contribution in [0.5, 0.6) is 0 Å². The first-order valence-corrected chi connectivity index (χ1v) is 4.55. The average Bonchev–Trinajstić information content (AvgIpc) is 2.59. The maximum Gasteiger partial charge on any atom is 0.207 e. The molecule has 0 fully saturated rings. The SMILES string of the molecule is O=[N+]([O-])CCc1c[nH]c2cccc(F)c12. The minimum atomic E-state index is -0.403. The third-order valence-corrected chi connectivity index (χ3v) is 2.30. The third-order valence-electron chi connectivity index (χ3n) is 2.30. The minimum absolute atomic E-state index is 0.179. The molecule has 1 heterocycles. The lowest BCUT2D eigenvalue weighted by atomic mass is 10.1. The zero-order valence-corrected chi connectivity index (χ0v) is 7.87. The summed E-state index contributed by atoms with van der Waals surface area (Å²) in [4.78, 5) is 12.7. The van der Waals surface area contributed by atoms with Crippen molar-refractivity contribution < 1.29 is 9.31 Å². The summed E-state index contributed by atoms with van der Waals surface area (Å²) in [5.41, 5.74) is 1.33. The van der Waals surface area contributed by atoms with Crippen molar-refractivity contribution in [1.82, 2.24) is 4.98 Å². The van der Waals surface area contributed by atoms with Gasteiger partial charge in [-0.25, -0.2) is 4.39 Å². The lowest BCUT2D eigenvalue weighted by molar-refractivity contribution is -0.479. The summed E-state index contributed by atoms with van der Waals surface area (Å²) in [6.07, 6.45) is 1.87. The molecule has 15 heavy (non-hydrogen) atoms. The summed E-state index contributed by atoms with van der Waals surface area (Å²) in [6.45, 7) is -0.179. The van der Waals surface area contributed by atoms with Gasteiger partial charge < -0.3 is 4.98 Å². The number of hydrogen-bond acceptors (Lipinski definition) is 2. The Kier molecular flexibility index (Phi) is 2.37. The molecule has 0 bridgehead atoms. The van der Waals surface area contributed by atoms with E-state index in [1.54, 1.807) is 18.3 Å². The van der Waals surface area contributed by atoms with Gasteiger partial charge >= 0.3 is 0 Å². The van der Waals surface area contributed by atoms with Crippen LogP contribution in [0.1, 0.15) is 5.56 Å². The molecule has 4 nitrogen and oxygen atoms in total. The summed E-state index contributed by atoms with van der Waals surface area (Å²) >= 11 is 0. The monoisotopic (exact) mass is 208 g/mol. The maximum absolute atomic E-state index is 13.4. The fourth-order valence-electron chi connectivity index (χ4n) is 1.62. The number of benzene rings is 1. The van der Waals surface area contributed by atoms with E-state index in [0.717, 1.165) is 0 Å². The first-order valence-electron chi connectivity index (χ1n) is 4.55. The van der Waals surface area contributed by atoms with E-state index in [4.69, 9.17) is 0 Å².